The summed E-state index contributed by atoms with van der Waals surface area (Å²) in [6.45, 7) is 3.82. The van der Waals surface area contributed by atoms with Gasteiger partial charge in [0.1, 0.15) is 11.8 Å². The zero-order valence-electron chi connectivity index (χ0n) is 11.5. The lowest BCUT2D eigenvalue weighted by atomic mass is 10.0. The molecule has 1 aromatic rings. The molecule has 5 nitrogen and oxygen atoms in total. The average molecular weight is 297 g/mol. The highest BCUT2D eigenvalue weighted by atomic mass is 32.2. The molecule has 0 aliphatic heterocycles. The van der Waals surface area contributed by atoms with Gasteiger partial charge in [0.2, 0.25) is 5.91 Å². The fraction of sp³-hybridized carbons (Fsp3) is 0.429. The van der Waals surface area contributed by atoms with Gasteiger partial charge in [0.25, 0.3) is 0 Å². The molecule has 20 heavy (non-hydrogen) atoms. The van der Waals surface area contributed by atoms with Gasteiger partial charge in [0.15, 0.2) is 0 Å². The van der Waals surface area contributed by atoms with Crippen molar-refractivity contribution in [3.05, 3.63) is 24.3 Å². The summed E-state index contributed by atoms with van der Waals surface area (Å²) in [5, 5.41) is 20.7. The van der Waals surface area contributed by atoms with Crippen LogP contribution in [-0.4, -0.2) is 33.9 Å². The van der Waals surface area contributed by atoms with E-state index in [1.807, 2.05) is 13.8 Å². The first-order chi connectivity index (χ1) is 9.38. The van der Waals surface area contributed by atoms with Crippen LogP contribution in [0.2, 0.25) is 0 Å². The van der Waals surface area contributed by atoms with Crippen LogP contribution in [-0.2, 0) is 9.59 Å². The molecule has 3 N–H and O–H groups in total. The van der Waals surface area contributed by atoms with Gasteiger partial charge < -0.3 is 15.5 Å². The van der Waals surface area contributed by atoms with Gasteiger partial charge in [-0.3, -0.25) is 4.79 Å². The summed E-state index contributed by atoms with van der Waals surface area (Å²) in [5.74, 6) is -0.812. The number of hydrogen-bond donors (Lipinski definition) is 3. The second-order valence-corrected chi connectivity index (χ2v) is 5.92. The Morgan fingerprint density at radius 3 is 2.35 bits per heavy atom. The molecular formula is C14H19NO4S. The standard InChI is InChI=1S/C14H19NO4S/c1-9(2)7-12(14(18)19)15-13(17)8-20-11-5-3-10(16)4-6-11/h3-6,9,12,16H,7-8H2,1-2H3,(H,15,17)(H,18,19). The molecule has 0 aromatic heterocycles. The van der Waals surface area contributed by atoms with E-state index in [4.69, 9.17) is 10.2 Å². The Morgan fingerprint density at radius 2 is 1.85 bits per heavy atom. The Hall–Kier alpha value is -1.69. The van der Waals surface area contributed by atoms with Gasteiger partial charge >= 0.3 is 5.97 Å². The smallest absolute Gasteiger partial charge is 0.326 e. The summed E-state index contributed by atoms with van der Waals surface area (Å²) in [4.78, 5) is 23.6. The lowest BCUT2D eigenvalue weighted by molar-refractivity contribution is -0.141. The number of nitrogens with one attached hydrogen (secondary N) is 1. The average Bonchev–Trinajstić information content (AvgIpc) is 2.36. The molecule has 110 valence electrons. The molecule has 0 aliphatic carbocycles. The maximum atomic E-state index is 11.7. The fourth-order valence-electron chi connectivity index (χ4n) is 1.62. The fourth-order valence-corrected chi connectivity index (χ4v) is 2.33. The number of aromatic hydroxyl groups is 1. The highest BCUT2D eigenvalue weighted by Crippen LogP contribution is 2.20. The van der Waals surface area contributed by atoms with Crippen LogP contribution in [0.4, 0.5) is 0 Å². The molecule has 0 saturated heterocycles. The monoisotopic (exact) mass is 297 g/mol. The van der Waals surface area contributed by atoms with E-state index < -0.39 is 12.0 Å². The zero-order valence-corrected chi connectivity index (χ0v) is 12.3. The van der Waals surface area contributed by atoms with Gasteiger partial charge in [-0.05, 0) is 36.6 Å². The van der Waals surface area contributed by atoms with E-state index in [-0.39, 0.29) is 23.3 Å². The third kappa shape index (κ3) is 5.97. The number of carboxylic acids is 1. The first-order valence-corrected chi connectivity index (χ1v) is 7.31. The van der Waals surface area contributed by atoms with E-state index in [1.54, 1.807) is 24.3 Å². The molecule has 1 aromatic carbocycles. The van der Waals surface area contributed by atoms with Crippen molar-refractivity contribution in [3.8, 4) is 5.75 Å². The minimum atomic E-state index is -1.01. The van der Waals surface area contributed by atoms with Crippen molar-refractivity contribution in [3.63, 3.8) is 0 Å². The summed E-state index contributed by atoms with van der Waals surface area (Å²) in [5.41, 5.74) is 0. The van der Waals surface area contributed by atoms with E-state index in [9.17, 15) is 9.59 Å². The van der Waals surface area contributed by atoms with Crippen molar-refractivity contribution in [2.45, 2.75) is 31.2 Å². The summed E-state index contributed by atoms with van der Waals surface area (Å²) in [6, 6.07) is 5.65. The van der Waals surface area contributed by atoms with Crippen LogP contribution in [0.3, 0.4) is 0 Å². The molecule has 0 saturated carbocycles. The van der Waals surface area contributed by atoms with Gasteiger partial charge in [0.05, 0.1) is 5.75 Å². The van der Waals surface area contributed by atoms with Crippen molar-refractivity contribution in [1.29, 1.82) is 0 Å². The van der Waals surface area contributed by atoms with Crippen LogP contribution in [0.15, 0.2) is 29.2 Å². The highest BCUT2D eigenvalue weighted by Gasteiger charge is 2.20. The van der Waals surface area contributed by atoms with E-state index in [1.165, 1.54) is 11.8 Å². The number of amides is 1. The number of benzene rings is 1. The molecule has 1 amide bonds. The number of carboxylic acid groups (broad SMARTS) is 1. The van der Waals surface area contributed by atoms with Gasteiger partial charge in [0, 0.05) is 4.90 Å². The SMILES string of the molecule is CC(C)CC(NC(=O)CSc1ccc(O)cc1)C(=O)O. The van der Waals surface area contributed by atoms with Gasteiger partial charge in [-0.1, -0.05) is 13.8 Å². The molecule has 0 spiro atoms. The largest absolute Gasteiger partial charge is 0.508 e. The zero-order chi connectivity index (χ0) is 15.1. The number of thioether (sulfide) groups is 1. The van der Waals surface area contributed by atoms with E-state index >= 15 is 0 Å². The van der Waals surface area contributed by atoms with Crippen LogP contribution in [0.5, 0.6) is 5.75 Å². The minimum Gasteiger partial charge on any atom is -0.508 e. The molecule has 0 radical (unpaired) electrons. The predicted octanol–water partition coefficient (Wildman–Crippen LogP) is 2.10. The Morgan fingerprint density at radius 1 is 1.25 bits per heavy atom. The van der Waals surface area contributed by atoms with Crippen LogP contribution in [0.25, 0.3) is 0 Å². The molecule has 0 heterocycles. The third-order valence-electron chi connectivity index (χ3n) is 2.55. The Labute approximate surface area is 122 Å². The van der Waals surface area contributed by atoms with E-state index in [0.717, 1.165) is 4.90 Å². The van der Waals surface area contributed by atoms with Crippen molar-refractivity contribution in [1.82, 2.24) is 5.32 Å². The number of phenols is 1. The predicted molar refractivity (Wildman–Crippen MR) is 77.9 cm³/mol. The number of carbonyl (C=O) groups excluding carboxylic acids is 1. The molecule has 1 rings (SSSR count). The topological polar surface area (TPSA) is 86.6 Å². The Bertz CT molecular complexity index is 459. The molecular weight excluding hydrogens is 278 g/mol. The van der Waals surface area contributed by atoms with Crippen molar-refractivity contribution < 1.29 is 19.8 Å². The van der Waals surface area contributed by atoms with Crippen LogP contribution in [0, 0.1) is 5.92 Å². The molecule has 1 atom stereocenters. The first kappa shape index (κ1) is 16.4. The summed E-state index contributed by atoms with van der Waals surface area (Å²) >= 11 is 1.29. The number of phenolic OH excluding ortho intramolecular Hbond substituents is 1. The summed E-state index contributed by atoms with van der Waals surface area (Å²) < 4.78 is 0. The summed E-state index contributed by atoms with van der Waals surface area (Å²) in [6.07, 6.45) is 0.408. The Balaban J connectivity index is 2.45. The third-order valence-corrected chi connectivity index (χ3v) is 3.56. The number of hydrogen-bond acceptors (Lipinski definition) is 4. The molecule has 0 aliphatic rings. The summed E-state index contributed by atoms with van der Waals surface area (Å²) in [7, 11) is 0. The van der Waals surface area contributed by atoms with Gasteiger partial charge in [-0.2, -0.15) is 0 Å². The van der Waals surface area contributed by atoms with Crippen molar-refractivity contribution in [2.75, 3.05) is 5.75 Å². The lowest BCUT2D eigenvalue weighted by Crippen LogP contribution is -2.42. The normalized spacial score (nSPS) is 12.2. The highest BCUT2D eigenvalue weighted by molar-refractivity contribution is 8.00. The first-order valence-electron chi connectivity index (χ1n) is 6.32. The van der Waals surface area contributed by atoms with Crippen molar-refractivity contribution >= 4 is 23.6 Å². The number of rotatable bonds is 7. The lowest BCUT2D eigenvalue weighted by Gasteiger charge is -2.16. The van der Waals surface area contributed by atoms with E-state index in [0.29, 0.717) is 6.42 Å². The number of carbonyl (C=O) groups is 2. The van der Waals surface area contributed by atoms with Crippen molar-refractivity contribution in [2.24, 2.45) is 5.92 Å². The van der Waals surface area contributed by atoms with E-state index in [2.05, 4.69) is 5.32 Å². The number of aliphatic carboxylic acids is 1. The molecule has 0 bridgehead atoms. The van der Waals surface area contributed by atoms with Gasteiger partial charge in [-0.25, -0.2) is 4.79 Å². The Kier molecular flexibility index (Phi) is 6.38. The minimum absolute atomic E-state index is 0.145. The molecule has 1 unspecified atom stereocenters. The van der Waals surface area contributed by atoms with Crippen LogP contribution in [0.1, 0.15) is 20.3 Å². The maximum absolute atomic E-state index is 11.7. The van der Waals surface area contributed by atoms with Gasteiger partial charge in [-0.15, -0.1) is 11.8 Å². The molecule has 0 fully saturated rings. The maximum Gasteiger partial charge on any atom is 0.326 e. The van der Waals surface area contributed by atoms with Crippen LogP contribution < -0.4 is 5.32 Å². The second kappa shape index (κ2) is 7.79. The quantitative estimate of drug-likeness (QED) is 0.671. The van der Waals surface area contributed by atoms with Crippen LogP contribution >= 0.6 is 11.8 Å². The molecule has 6 heteroatoms. The second-order valence-electron chi connectivity index (χ2n) is 4.87.